The number of aromatic nitrogens is 3. The molecule has 2 saturated heterocycles. The van der Waals surface area contributed by atoms with Crippen LogP contribution in [-0.2, 0) is 0 Å². The molecule has 17 heavy (non-hydrogen) atoms. The molecule has 6 heteroatoms. The Labute approximate surface area is 106 Å². The van der Waals surface area contributed by atoms with Crippen LogP contribution in [0.2, 0.25) is 5.02 Å². The Hall–Kier alpha value is -1.10. The van der Waals surface area contributed by atoms with E-state index in [9.17, 15) is 0 Å². The number of hydrogen-bond acceptors (Lipinski definition) is 5. The number of anilines is 2. The molecule has 0 saturated carbocycles. The summed E-state index contributed by atoms with van der Waals surface area (Å²) in [6.07, 6.45) is 4.83. The zero-order valence-corrected chi connectivity index (χ0v) is 10.5. The quantitative estimate of drug-likeness (QED) is 0.803. The fourth-order valence-corrected chi connectivity index (χ4v) is 2.87. The van der Waals surface area contributed by atoms with Gasteiger partial charge >= 0.3 is 0 Å². The Kier molecular flexibility index (Phi) is 3.01. The Morgan fingerprint density at radius 1 is 0.765 bits per heavy atom. The second-order valence-electron chi connectivity index (χ2n) is 4.64. The van der Waals surface area contributed by atoms with Crippen LogP contribution >= 0.6 is 11.6 Å². The van der Waals surface area contributed by atoms with Gasteiger partial charge in [-0.3, -0.25) is 0 Å². The first-order valence-corrected chi connectivity index (χ1v) is 6.63. The van der Waals surface area contributed by atoms with Crippen molar-refractivity contribution in [1.29, 1.82) is 0 Å². The summed E-state index contributed by atoms with van der Waals surface area (Å²) in [5, 5.41) is 12.7. The highest BCUT2D eigenvalue weighted by Gasteiger charge is 2.24. The third kappa shape index (κ3) is 2.04. The van der Waals surface area contributed by atoms with Crippen LogP contribution < -0.4 is 9.80 Å². The van der Waals surface area contributed by atoms with E-state index in [0.717, 1.165) is 37.8 Å². The molecule has 0 N–H and O–H groups in total. The van der Waals surface area contributed by atoms with E-state index in [1.54, 1.807) is 0 Å². The number of hydrogen-bond donors (Lipinski definition) is 0. The van der Waals surface area contributed by atoms with E-state index in [2.05, 4.69) is 25.2 Å². The summed E-state index contributed by atoms with van der Waals surface area (Å²) < 4.78 is 0. The van der Waals surface area contributed by atoms with Crippen molar-refractivity contribution in [2.75, 3.05) is 36.0 Å². The molecule has 2 fully saturated rings. The first-order valence-electron chi connectivity index (χ1n) is 6.25. The lowest BCUT2D eigenvalue weighted by atomic mass is 10.4. The lowest BCUT2D eigenvalue weighted by molar-refractivity contribution is 0.796. The van der Waals surface area contributed by atoms with Crippen molar-refractivity contribution >= 4 is 23.2 Å². The predicted molar refractivity (Wildman–Crippen MR) is 67.7 cm³/mol. The maximum atomic E-state index is 6.42. The lowest BCUT2D eigenvalue weighted by Crippen LogP contribution is -2.24. The molecule has 2 aliphatic heterocycles. The van der Waals surface area contributed by atoms with Gasteiger partial charge < -0.3 is 9.80 Å². The summed E-state index contributed by atoms with van der Waals surface area (Å²) in [5.74, 6) is 1.61. The van der Waals surface area contributed by atoms with Gasteiger partial charge in [0.1, 0.15) is 5.02 Å². The summed E-state index contributed by atoms with van der Waals surface area (Å²) in [5.41, 5.74) is 0. The fourth-order valence-electron chi connectivity index (χ4n) is 2.56. The molecule has 2 aliphatic rings. The minimum atomic E-state index is 0.670. The first-order chi connectivity index (χ1) is 8.36. The Morgan fingerprint density at radius 3 is 1.59 bits per heavy atom. The van der Waals surface area contributed by atoms with Crippen molar-refractivity contribution in [1.82, 2.24) is 15.4 Å². The molecule has 0 amide bonds. The highest BCUT2D eigenvalue weighted by Crippen LogP contribution is 2.33. The van der Waals surface area contributed by atoms with Gasteiger partial charge in [-0.05, 0) is 30.9 Å². The maximum absolute atomic E-state index is 6.42. The van der Waals surface area contributed by atoms with Crippen LogP contribution in [0.4, 0.5) is 11.6 Å². The molecular formula is C11H16ClN5. The second kappa shape index (κ2) is 4.64. The van der Waals surface area contributed by atoms with Crippen LogP contribution in [0.5, 0.6) is 0 Å². The number of halogens is 1. The minimum Gasteiger partial charge on any atom is -0.354 e. The molecule has 0 unspecified atom stereocenters. The zero-order chi connectivity index (χ0) is 11.7. The normalized spacial score (nSPS) is 20.3. The van der Waals surface area contributed by atoms with Gasteiger partial charge in [0, 0.05) is 26.2 Å². The van der Waals surface area contributed by atoms with Crippen molar-refractivity contribution in [3.05, 3.63) is 5.02 Å². The van der Waals surface area contributed by atoms with E-state index in [0.29, 0.717) is 5.02 Å². The molecule has 0 atom stereocenters. The smallest absolute Gasteiger partial charge is 0.175 e. The minimum absolute atomic E-state index is 0.670. The molecule has 0 aliphatic carbocycles. The predicted octanol–water partition coefficient (Wildman–Crippen LogP) is 1.73. The van der Waals surface area contributed by atoms with Crippen LogP contribution in [-0.4, -0.2) is 41.6 Å². The van der Waals surface area contributed by atoms with E-state index in [-0.39, 0.29) is 0 Å². The topological polar surface area (TPSA) is 45.2 Å². The summed E-state index contributed by atoms with van der Waals surface area (Å²) in [6.45, 7) is 4.10. The van der Waals surface area contributed by atoms with E-state index >= 15 is 0 Å². The van der Waals surface area contributed by atoms with Crippen LogP contribution in [0.3, 0.4) is 0 Å². The Balaban J connectivity index is 1.91. The van der Waals surface area contributed by atoms with Gasteiger partial charge in [0.05, 0.1) is 0 Å². The zero-order valence-electron chi connectivity index (χ0n) is 9.77. The summed E-state index contributed by atoms with van der Waals surface area (Å²) in [7, 11) is 0. The molecule has 1 aromatic heterocycles. The third-order valence-corrected chi connectivity index (χ3v) is 3.82. The van der Waals surface area contributed by atoms with Gasteiger partial charge in [-0.15, -0.1) is 10.2 Å². The monoisotopic (exact) mass is 253 g/mol. The molecule has 0 spiro atoms. The SMILES string of the molecule is Clc1c(N2CCCC2)nnnc1N1CCCC1. The summed E-state index contributed by atoms with van der Waals surface area (Å²) in [6, 6.07) is 0. The molecular weight excluding hydrogens is 238 g/mol. The van der Waals surface area contributed by atoms with Crippen LogP contribution in [0, 0.1) is 0 Å². The highest BCUT2D eigenvalue weighted by atomic mass is 35.5. The molecule has 5 nitrogen and oxygen atoms in total. The van der Waals surface area contributed by atoms with Gasteiger partial charge in [0.15, 0.2) is 11.6 Å². The molecule has 3 heterocycles. The van der Waals surface area contributed by atoms with Crippen molar-refractivity contribution in [3.8, 4) is 0 Å². The van der Waals surface area contributed by atoms with Gasteiger partial charge in [0.2, 0.25) is 0 Å². The van der Waals surface area contributed by atoms with E-state index in [4.69, 9.17) is 11.6 Å². The van der Waals surface area contributed by atoms with Crippen molar-refractivity contribution < 1.29 is 0 Å². The van der Waals surface area contributed by atoms with Crippen molar-refractivity contribution in [2.45, 2.75) is 25.7 Å². The van der Waals surface area contributed by atoms with E-state index in [1.165, 1.54) is 25.7 Å². The Bertz CT molecular complexity index is 365. The van der Waals surface area contributed by atoms with E-state index < -0.39 is 0 Å². The third-order valence-electron chi connectivity index (χ3n) is 3.48. The van der Waals surface area contributed by atoms with Gasteiger partial charge in [-0.2, -0.15) is 0 Å². The molecule has 3 rings (SSSR count). The molecule has 0 aromatic carbocycles. The van der Waals surface area contributed by atoms with Crippen molar-refractivity contribution in [2.24, 2.45) is 0 Å². The number of rotatable bonds is 2. The average molecular weight is 254 g/mol. The van der Waals surface area contributed by atoms with Gasteiger partial charge in [0.25, 0.3) is 0 Å². The van der Waals surface area contributed by atoms with E-state index in [1.807, 2.05) is 0 Å². The maximum Gasteiger partial charge on any atom is 0.175 e. The Morgan fingerprint density at radius 2 is 1.18 bits per heavy atom. The molecule has 0 bridgehead atoms. The summed E-state index contributed by atoms with van der Waals surface area (Å²) >= 11 is 6.42. The summed E-state index contributed by atoms with van der Waals surface area (Å²) in [4.78, 5) is 4.41. The average Bonchev–Trinajstić information content (AvgIpc) is 3.02. The van der Waals surface area contributed by atoms with Crippen LogP contribution in [0.15, 0.2) is 0 Å². The lowest BCUT2D eigenvalue weighted by Gasteiger charge is -2.21. The molecule has 0 radical (unpaired) electrons. The van der Waals surface area contributed by atoms with Gasteiger partial charge in [-0.25, -0.2) is 0 Å². The van der Waals surface area contributed by atoms with Crippen molar-refractivity contribution in [3.63, 3.8) is 0 Å². The first kappa shape index (κ1) is 11.0. The standard InChI is InChI=1S/C11H16ClN5/c12-9-10(16-5-1-2-6-16)13-15-14-11(9)17-7-3-4-8-17/h1-8H2. The van der Waals surface area contributed by atoms with Gasteiger partial charge in [-0.1, -0.05) is 11.6 Å². The van der Waals surface area contributed by atoms with Crippen LogP contribution in [0.1, 0.15) is 25.7 Å². The molecule has 92 valence electrons. The fraction of sp³-hybridized carbons (Fsp3) is 0.727. The highest BCUT2D eigenvalue weighted by molar-refractivity contribution is 6.35. The van der Waals surface area contributed by atoms with Crippen LogP contribution in [0.25, 0.3) is 0 Å². The largest absolute Gasteiger partial charge is 0.354 e. The molecule has 1 aromatic rings. The second-order valence-corrected chi connectivity index (χ2v) is 5.02. The number of nitrogens with zero attached hydrogens (tertiary/aromatic N) is 5.